The quantitative estimate of drug-likeness (QED) is 0.356. The lowest BCUT2D eigenvalue weighted by Gasteiger charge is -2.13. The number of thioether (sulfide) groups is 1. The largest absolute Gasteiger partial charge is 0.490 e. The van der Waals surface area contributed by atoms with Crippen molar-refractivity contribution in [1.29, 1.82) is 5.26 Å². The van der Waals surface area contributed by atoms with Gasteiger partial charge in [-0.05, 0) is 60.5 Å². The zero-order chi connectivity index (χ0) is 24.6. The summed E-state index contributed by atoms with van der Waals surface area (Å²) >= 11 is 0.943. The van der Waals surface area contributed by atoms with Crippen molar-refractivity contribution in [2.75, 3.05) is 13.2 Å². The predicted octanol–water partition coefficient (Wildman–Crippen LogP) is 5.81. The Morgan fingerprint density at radius 3 is 2.51 bits per heavy atom. The van der Waals surface area contributed by atoms with E-state index < -0.39 is 0 Å². The first kappa shape index (κ1) is 24.1. The Balaban J connectivity index is 1.48. The molecule has 1 fully saturated rings. The molecule has 0 aromatic heterocycles. The minimum atomic E-state index is -0.290. The first-order chi connectivity index (χ1) is 17.1. The van der Waals surface area contributed by atoms with E-state index in [1.165, 1.54) is 4.90 Å². The normalized spacial score (nSPS) is 14.3. The summed E-state index contributed by atoms with van der Waals surface area (Å²) in [6, 6.07) is 24.6. The van der Waals surface area contributed by atoms with Crippen LogP contribution in [0.2, 0.25) is 0 Å². The fourth-order valence-electron chi connectivity index (χ4n) is 3.64. The van der Waals surface area contributed by atoms with E-state index in [9.17, 15) is 14.9 Å². The fourth-order valence-corrected chi connectivity index (χ4v) is 4.51. The molecule has 4 rings (SSSR count). The number of benzene rings is 3. The lowest BCUT2D eigenvalue weighted by molar-refractivity contribution is -0.122. The highest BCUT2D eigenvalue weighted by Crippen LogP contribution is 2.35. The number of hydrogen-bond acceptors (Lipinski definition) is 6. The van der Waals surface area contributed by atoms with E-state index in [0.29, 0.717) is 41.5 Å². The van der Waals surface area contributed by atoms with E-state index in [2.05, 4.69) is 6.07 Å². The van der Waals surface area contributed by atoms with Crippen LogP contribution in [0.4, 0.5) is 4.79 Å². The summed E-state index contributed by atoms with van der Waals surface area (Å²) < 4.78 is 11.7. The summed E-state index contributed by atoms with van der Waals surface area (Å²) in [6.07, 6.45) is 2.31. The van der Waals surface area contributed by atoms with Crippen LogP contribution in [0.1, 0.15) is 29.2 Å². The van der Waals surface area contributed by atoms with Crippen LogP contribution in [0, 0.1) is 11.3 Å². The molecular weight excluding hydrogens is 460 g/mol. The lowest BCUT2D eigenvalue weighted by Crippen LogP contribution is -2.30. The average Bonchev–Trinajstić information content (AvgIpc) is 3.15. The number of rotatable bonds is 9. The molecule has 0 atom stereocenters. The van der Waals surface area contributed by atoms with Crippen LogP contribution in [0.25, 0.3) is 6.08 Å². The van der Waals surface area contributed by atoms with Crippen molar-refractivity contribution in [3.63, 3.8) is 0 Å². The van der Waals surface area contributed by atoms with Crippen LogP contribution in [-0.2, 0) is 17.8 Å². The number of nitriles is 1. The van der Waals surface area contributed by atoms with Gasteiger partial charge >= 0.3 is 0 Å². The van der Waals surface area contributed by atoms with E-state index in [1.807, 2.05) is 61.5 Å². The van der Waals surface area contributed by atoms with Crippen molar-refractivity contribution >= 4 is 29.0 Å². The SMILES string of the molecule is CCOc1cc(/C=C2\SC(=O)N(CCc3ccccc3)C2=O)ccc1OCc1ccccc1C#N. The Labute approximate surface area is 208 Å². The predicted molar refractivity (Wildman–Crippen MR) is 136 cm³/mol. The molecule has 7 heteroatoms. The second-order valence-corrected chi connectivity index (χ2v) is 8.76. The van der Waals surface area contributed by atoms with Crippen molar-refractivity contribution in [2.24, 2.45) is 0 Å². The maximum Gasteiger partial charge on any atom is 0.293 e. The first-order valence-electron chi connectivity index (χ1n) is 11.3. The van der Waals surface area contributed by atoms with Crippen LogP contribution in [0.3, 0.4) is 0 Å². The van der Waals surface area contributed by atoms with Crippen LogP contribution < -0.4 is 9.47 Å². The van der Waals surface area contributed by atoms with Gasteiger partial charge in [0.1, 0.15) is 6.61 Å². The second-order valence-electron chi connectivity index (χ2n) is 7.77. The van der Waals surface area contributed by atoms with E-state index in [-0.39, 0.29) is 17.8 Å². The van der Waals surface area contributed by atoms with Crippen LogP contribution >= 0.6 is 11.8 Å². The number of nitrogens with zero attached hydrogens (tertiary/aromatic N) is 2. The van der Waals surface area contributed by atoms with Crippen molar-refractivity contribution in [3.05, 3.63) is 100.0 Å². The number of carbonyl (C=O) groups is 2. The summed E-state index contributed by atoms with van der Waals surface area (Å²) in [6.45, 7) is 2.88. The molecule has 35 heavy (non-hydrogen) atoms. The molecule has 0 bridgehead atoms. The number of carbonyl (C=O) groups excluding carboxylic acids is 2. The van der Waals surface area contributed by atoms with Gasteiger partial charge in [0.2, 0.25) is 0 Å². The smallest absolute Gasteiger partial charge is 0.293 e. The zero-order valence-corrected chi connectivity index (χ0v) is 20.1. The van der Waals surface area contributed by atoms with Gasteiger partial charge in [0.05, 0.1) is 23.1 Å². The monoisotopic (exact) mass is 484 g/mol. The number of imide groups is 1. The van der Waals surface area contributed by atoms with Gasteiger partial charge in [-0.15, -0.1) is 0 Å². The lowest BCUT2D eigenvalue weighted by atomic mass is 10.1. The highest BCUT2D eigenvalue weighted by atomic mass is 32.2. The molecule has 3 aromatic carbocycles. The number of hydrogen-bond donors (Lipinski definition) is 0. The maximum atomic E-state index is 12.9. The summed E-state index contributed by atoms with van der Waals surface area (Å²) in [4.78, 5) is 27.0. The molecule has 1 saturated heterocycles. The van der Waals surface area contributed by atoms with Crippen LogP contribution in [0.5, 0.6) is 11.5 Å². The Morgan fingerprint density at radius 2 is 1.74 bits per heavy atom. The van der Waals surface area contributed by atoms with Crippen molar-refractivity contribution in [1.82, 2.24) is 4.90 Å². The average molecular weight is 485 g/mol. The van der Waals surface area contributed by atoms with Crippen molar-refractivity contribution < 1.29 is 19.1 Å². The Kier molecular flexibility index (Phi) is 7.86. The molecule has 0 unspecified atom stereocenters. The summed E-state index contributed by atoms with van der Waals surface area (Å²) in [5, 5.41) is 9.02. The minimum Gasteiger partial charge on any atom is -0.490 e. The van der Waals surface area contributed by atoms with Crippen LogP contribution in [-0.4, -0.2) is 29.2 Å². The van der Waals surface area contributed by atoms with Gasteiger partial charge in [0, 0.05) is 12.1 Å². The van der Waals surface area contributed by atoms with Gasteiger partial charge in [-0.1, -0.05) is 54.6 Å². The van der Waals surface area contributed by atoms with Gasteiger partial charge in [-0.3, -0.25) is 14.5 Å². The van der Waals surface area contributed by atoms with E-state index in [0.717, 1.165) is 28.5 Å². The molecule has 0 radical (unpaired) electrons. The standard InChI is InChI=1S/C28H24N2O4S/c1-2-33-25-16-21(12-13-24(25)34-19-23-11-7-6-10-22(23)18-29)17-26-27(31)30(28(32)35-26)15-14-20-8-4-3-5-9-20/h3-13,16-17H,2,14-15,19H2,1H3/b26-17-. The highest BCUT2D eigenvalue weighted by Gasteiger charge is 2.34. The molecule has 1 heterocycles. The summed E-state index contributed by atoms with van der Waals surface area (Å²) in [5.74, 6) is 0.772. The molecule has 0 N–H and O–H groups in total. The third-order valence-electron chi connectivity index (χ3n) is 5.43. The van der Waals surface area contributed by atoms with E-state index in [4.69, 9.17) is 9.47 Å². The second kappa shape index (κ2) is 11.4. The Hall–Kier alpha value is -4.02. The Morgan fingerprint density at radius 1 is 0.971 bits per heavy atom. The number of amides is 2. The van der Waals surface area contributed by atoms with Crippen LogP contribution in [0.15, 0.2) is 77.7 Å². The van der Waals surface area contributed by atoms with E-state index >= 15 is 0 Å². The third-order valence-corrected chi connectivity index (χ3v) is 6.33. The van der Waals surface area contributed by atoms with Crippen molar-refractivity contribution in [3.8, 4) is 17.6 Å². The molecule has 1 aliphatic heterocycles. The first-order valence-corrected chi connectivity index (χ1v) is 12.1. The minimum absolute atomic E-state index is 0.226. The van der Waals surface area contributed by atoms with Gasteiger partial charge in [0.25, 0.3) is 11.1 Å². The molecule has 0 spiro atoms. The van der Waals surface area contributed by atoms with Gasteiger partial charge in [-0.2, -0.15) is 5.26 Å². The van der Waals surface area contributed by atoms with Crippen molar-refractivity contribution in [2.45, 2.75) is 20.0 Å². The molecule has 0 aliphatic carbocycles. The van der Waals surface area contributed by atoms with Gasteiger partial charge < -0.3 is 9.47 Å². The molecule has 6 nitrogen and oxygen atoms in total. The third kappa shape index (κ3) is 5.92. The maximum absolute atomic E-state index is 12.9. The summed E-state index contributed by atoms with van der Waals surface area (Å²) in [7, 11) is 0. The van der Waals surface area contributed by atoms with E-state index in [1.54, 1.807) is 24.3 Å². The zero-order valence-electron chi connectivity index (χ0n) is 19.3. The Bertz CT molecular complexity index is 1300. The molecule has 3 aromatic rings. The molecule has 1 aliphatic rings. The summed E-state index contributed by atoms with van der Waals surface area (Å²) in [5.41, 5.74) is 3.15. The molecule has 0 saturated carbocycles. The number of ether oxygens (including phenoxy) is 2. The topological polar surface area (TPSA) is 79.6 Å². The molecule has 2 amide bonds. The molecular formula is C28H24N2O4S. The van der Waals surface area contributed by atoms with Gasteiger partial charge in [0.15, 0.2) is 11.5 Å². The fraction of sp³-hybridized carbons (Fsp3) is 0.179. The highest BCUT2D eigenvalue weighted by molar-refractivity contribution is 8.18. The van der Waals surface area contributed by atoms with Gasteiger partial charge in [-0.25, -0.2) is 0 Å². The molecule has 176 valence electrons.